The molecule has 0 spiro atoms. The summed E-state index contributed by atoms with van der Waals surface area (Å²) in [6.45, 7) is 3.89. The van der Waals surface area contributed by atoms with Crippen LogP contribution in [0, 0.1) is 17.0 Å². The third-order valence-electron chi connectivity index (χ3n) is 3.15. The molecule has 1 heterocycles. The van der Waals surface area contributed by atoms with Crippen molar-refractivity contribution in [3.8, 4) is 0 Å². The van der Waals surface area contributed by atoms with Crippen LogP contribution in [0.3, 0.4) is 0 Å². The van der Waals surface area contributed by atoms with Gasteiger partial charge in [0.05, 0.1) is 11.0 Å². The molecule has 1 unspecified atom stereocenters. The number of nitrogens with two attached hydrogens (primary N) is 1. The molecule has 21 heavy (non-hydrogen) atoms. The van der Waals surface area contributed by atoms with Crippen LogP contribution in [0.4, 0.5) is 17.3 Å². The first-order valence-corrected chi connectivity index (χ1v) is 6.32. The van der Waals surface area contributed by atoms with E-state index in [2.05, 4.69) is 20.7 Å². The maximum atomic E-state index is 11.2. The fourth-order valence-corrected chi connectivity index (χ4v) is 2.12. The van der Waals surface area contributed by atoms with E-state index < -0.39 is 4.92 Å². The van der Waals surface area contributed by atoms with Gasteiger partial charge in [0.2, 0.25) is 11.6 Å². The summed E-state index contributed by atoms with van der Waals surface area (Å²) in [5.74, 6) is 5.34. The molecule has 0 radical (unpaired) electrons. The molecular formula is C13H16N6O2. The van der Waals surface area contributed by atoms with Gasteiger partial charge in [0, 0.05) is 0 Å². The number of rotatable bonds is 5. The Morgan fingerprint density at radius 3 is 2.57 bits per heavy atom. The van der Waals surface area contributed by atoms with Crippen LogP contribution < -0.4 is 16.6 Å². The van der Waals surface area contributed by atoms with Crippen molar-refractivity contribution in [2.75, 3.05) is 10.7 Å². The molecule has 2 aromatic rings. The van der Waals surface area contributed by atoms with Crippen molar-refractivity contribution in [2.24, 2.45) is 5.84 Å². The van der Waals surface area contributed by atoms with Gasteiger partial charge in [0.1, 0.15) is 6.33 Å². The van der Waals surface area contributed by atoms with Gasteiger partial charge in [-0.2, -0.15) is 0 Å². The zero-order chi connectivity index (χ0) is 15.4. The summed E-state index contributed by atoms with van der Waals surface area (Å²) in [5.41, 5.74) is 4.06. The fourth-order valence-electron chi connectivity index (χ4n) is 2.12. The van der Waals surface area contributed by atoms with E-state index in [1.807, 2.05) is 38.1 Å². The van der Waals surface area contributed by atoms with E-state index in [0.717, 1.165) is 11.1 Å². The van der Waals surface area contributed by atoms with Gasteiger partial charge < -0.3 is 10.7 Å². The van der Waals surface area contributed by atoms with Gasteiger partial charge in [-0.1, -0.05) is 24.3 Å². The first-order valence-electron chi connectivity index (χ1n) is 6.32. The SMILES string of the molecule is Cc1ccccc1C(C)Nc1ncnc(NN)c1[N+](=O)[O-]. The minimum Gasteiger partial charge on any atom is -0.358 e. The smallest absolute Gasteiger partial charge is 0.354 e. The maximum Gasteiger partial charge on any atom is 0.354 e. The minimum absolute atomic E-state index is 0.0329. The first-order chi connectivity index (χ1) is 10.0. The van der Waals surface area contributed by atoms with Gasteiger partial charge in [0.25, 0.3) is 0 Å². The van der Waals surface area contributed by atoms with Crippen LogP contribution in [-0.2, 0) is 0 Å². The van der Waals surface area contributed by atoms with E-state index in [1.54, 1.807) is 0 Å². The van der Waals surface area contributed by atoms with Gasteiger partial charge in [-0.05, 0) is 25.0 Å². The van der Waals surface area contributed by atoms with Gasteiger partial charge in [-0.15, -0.1) is 0 Å². The summed E-state index contributed by atoms with van der Waals surface area (Å²) in [6.07, 6.45) is 1.22. The van der Waals surface area contributed by atoms with Crippen LogP contribution in [0.1, 0.15) is 24.1 Å². The molecule has 0 saturated carbocycles. The number of nitro groups is 1. The summed E-state index contributed by atoms with van der Waals surface area (Å²) in [6, 6.07) is 7.65. The molecule has 0 fully saturated rings. The van der Waals surface area contributed by atoms with Gasteiger partial charge in [-0.3, -0.25) is 10.1 Å². The quantitative estimate of drug-likeness (QED) is 0.438. The lowest BCUT2D eigenvalue weighted by molar-refractivity contribution is -0.383. The van der Waals surface area contributed by atoms with Crippen LogP contribution in [-0.4, -0.2) is 14.9 Å². The lowest BCUT2D eigenvalue weighted by atomic mass is 10.0. The number of aryl methyl sites for hydroxylation is 1. The van der Waals surface area contributed by atoms with Crippen molar-refractivity contribution in [3.05, 3.63) is 51.8 Å². The Labute approximate surface area is 121 Å². The summed E-state index contributed by atoms with van der Waals surface area (Å²) in [7, 11) is 0. The number of nitrogens with one attached hydrogen (secondary N) is 2. The molecule has 0 aliphatic rings. The van der Waals surface area contributed by atoms with Crippen molar-refractivity contribution in [2.45, 2.75) is 19.9 Å². The molecule has 8 heteroatoms. The van der Waals surface area contributed by atoms with E-state index >= 15 is 0 Å². The summed E-state index contributed by atoms with van der Waals surface area (Å²) in [5, 5.41) is 14.2. The Hall–Kier alpha value is -2.74. The summed E-state index contributed by atoms with van der Waals surface area (Å²) < 4.78 is 0. The molecule has 0 bridgehead atoms. The number of hydrazine groups is 1. The zero-order valence-corrected chi connectivity index (χ0v) is 11.7. The van der Waals surface area contributed by atoms with Crippen LogP contribution in [0.5, 0.6) is 0 Å². The van der Waals surface area contributed by atoms with Crippen molar-refractivity contribution in [1.29, 1.82) is 0 Å². The minimum atomic E-state index is -0.567. The Morgan fingerprint density at radius 1 is 1.29 bits per heavy atom. The Morgan fingerprint density at radius 2 is 1.95 bits per heavy atom. The van der Waals surface area contributed by atoms with Crippen molar-refractivity contribution in [3.63, 3.8) is 0 Å². The predicted octanol–water partition coefficient (Wildman–Crippen LogP) is 2.15. The number of nitrogens with zero attached hydrogens (tertiary/aromatic N) is 3. The van der Waals surface area contributed by atoms with Crippen molar-refractivity contribution >= 4 is 17.3 Å². The number of anilines is 2. The van der Waals surface area contributed by atoms with Crippen LogP contribution in [0.25, 0.3) is 0 Å². The lowest BCUT2D eigenvalue weighted by Crippen LogP contribution is -2.15. The fraction of sp³-hybridized carbons (Fsp3) is 0.231. The molecule has 1 aromatic carbocycles. The monoisotopic (exact) mass is 288 g/mol. The van der Waals surface area contributed by atoms with E-state index in [0.29, 0.717) is 0 Å². The molecule has 0 saturated heterocycles. The maximum absolute atomic E-state index is 11.2. The van der Waals surface area contributed by atoms with Crippen molar-refractivity contribution < 1.29 is 4.92 Å². The normalized spacial score (nSPS) is 11.8. The van der Waals surface area contributed by atoms with E-state index in [4.69, 9.17) is 5.84 Å². The largest absolute Gasteiger partial charge is 0.358 e. The molecular weight excluding hydrogens is 272 g/mol. The summed E-state index contributed by atoms with van der Waals surface area (Å²) >= 11 is 0. The molecule has 2 rings (SSSR count). The van der Waals surface area contributed by atoms with Crippen molar-refractivity contribution in [1.82, 2.24) is 9.97 Å². The molecule has 0 aliphatic heterocycles. The Bertz CT molecular complexity index is 661. The third-order valence-corrected chi connectivity index (χ3v) is 3.15. The van der Waals surface area contributed by atoms with Gasteiger partial charge in [0.15, 0.2) is 0 Å². The first kappa shape index (κ1) is 14.7. The molecule has 0 amide bonds. The van der Waals surface area contributed by atoms with Crippen LogP contribution >= 0.6 is 0 Å². The molecule has 110 valence electrons. The molecule has 8 nitrogen and oxygen atoms in total. The second-order valence-electron chi connectivity index (χ2n) is 4.54. The Balaban J connectivity index is 2.36. The third kappa shape index (κ3) is 3.06. The number of benzene rings is 1. The van der Waals surface area contributed by atoms with Crippen LogP contribution in [0.2, 0.25) is 0 Å². The van der Waals surface area contributed by atoms with Gasteiger partial charge >= 0.3 is 5.69 Å². The highest BCUT2D eigenvalue weighted by Gasteiger charge is 2.23. The zero-order valence-electron chi connectivity index (χ0n) is 11.7. The van der Waals surface area contributed by atoms with Crippen LogP contribution in [0.15, 0.2) is 30.6 Å². The number of hydrogen-bond donors (Lipinski definition) is 3. The highest BCUT2D eigenvalue weighted by atomic mass is 16.6. The second-order valence-corrected chi connectivity index (χ2v) is 4.54. The van der Waals surface area contributed by atoms with E-state index in [9.17, 15) is 10.1 Å². The lowest BCUT2D eigenvalue weighted by Gasteiger charge is -2.17. The average Bonchev–Trinajstić information content (AvgIpc) is 2.46. The highest BCUT2D eigenvalue weighted by molar-refractivity contribution is 5.69. The second kappa shape index (κ2) is 6.14. The van der Waals surface area contributed by atoms with E-state index in [-0.39, 0.29) is 23.4 Å². The predicted molar refractivity (Wildman–Crippen MR) is 79.7 cm³/mol. The number of aromatic nitrogens is 2. The summed E-state index contributed by atoms with van der Waals surface area (Å²) in [4.78, 5) is 18.3. The number of hydrogen-bond acceptors (Lipinski definition) is 7. The average molecular weight is 288 g/mol. The van der Waals surface area contributed by atoms with Gasteiger partial charge in [-0.25, -0.2) is 15.8 Å². The number of nitrogen functional groups attached to an aromatic ring is 1. The van der Waals surface area contributed by atoms with E-state index in [1.165, 1.54) is 6.33 Å². The molecule has 1 atom stereocenters. The topological polar surface area (TPSA) is 119 Å². The molecule has 0 aliphatic carbocycles. The highest BCUT2D eigenvalue weighted by Crippen LogP contribution is 2.31. The standard InChI is InChI=1S/C13H16N6O2/c1-8-5-3-4-6-10(8)9(2)17-12-11(19(20)21)13(18-14)16-7-15-12/h3-7,9H,14H2,1-2H3,(H2,15,16,17,18). The Kier molecular flexibility index (Phi) is 4.29. The molecule has 1 aromatic heterocycles. The molecule has 4 N–H and O–H groups in total.